The van der Waals surface area contributed by atoms with Crippen LogP contribution in [0.4, 0.5) is 17.6 Å². The van der Waals surface area contributed by atoms with Crippen molar-refractivity contribution in [2.75, 3.05) is 20.2 Å². The quantitative estimate of drug-likeness (QED) is 0.715. The topological polar surface area (TPSA) is 68.7 Å². The standard InChI is InChI=1S/C16H14F4N2O4S/c1-25-14-5-4-11(7-13(14)17)27(23,24)22-8-10(9-22)26-15-12(16(18,19)20)3-2-6-21-15/h2-7,10H,8-9H2,1H3. The number of rotatable bonds is 5. The Morgan fingerprint density at radius 2 is 1.93 bits per heavy atom. The highest BCUT2D eigenvalue weighted by Crippen LogP contribution is 2.36. The van der Waals surface area contributed by atoms with Gasteiger partial charge in [-0.15, -0.1) is 0 Å². The van der Waals surface area contributed by atoms with Crippen LogP contribution in [0.25, 0.3) is 0 Å². The normalized spacial score (nSPS) is 16.0. The maximum Gasteiger partial charge on any atom is 0.421 e. The highest BCUT2D eigenvalue weighted by atomic mass is 32.2. The molecule has 0 amide bonds. The van der Waals surface area contributed by atoms with Crippen LogP contribution in [-0.2, 0) is 16.2 Å². The van der Waals surface area contributed by atoms with Crippen molar-refractivity contribution >= 4 is 10.0 Å². The van der Waals surface area contributed by atoms with Crippen LogP contribution in [-0.4, -0.2) is 44.0 Å². The van der Waals surface area contributed by atoms with Gasteiger partial charge < -0.3 is 9.47 Å². The van der Waals surface area contributed by atoms with Gasteiger partial charge in [0.05, 0.1) is 25.1 Å². The molecule has 1 aliphatic heterocycles. The zero-order chi connectivity index (χ0) is 19.8. The maximum absolute atomic E-state index is 13.7. The van der Waals surface area contributed by atoms with E-state index in [0.29, 0.717) is 0 Å². The molecule has 0 N–H and O–H groups in total. The molecule has 1 fully saturated rings. The summed E-state index contributed by atoms with van der Waals surface area (Å²) in [7, 11) is -2.75. The van der Waals surface area contributed by atoms with Crippen molar-refractivity contribution < 1.29 is 35.5 Å². The molecule has 0 atom stereocenters. The number of nitrogens with zero attached hydrogens (tertiary/aromatic N) is 2. The summed E-state index contributed by atoms with van der Waals surface area (Å²) in [5, 5.41) is 0. The van der Waals surface area contributed by atoms with Crippen LogP contribution in [0.1, 0.15) is 5.56 Å². The number of sulfonamides is 1. The summed E-state index contributed by atoms with van der Waals surface area (Å²) in [4.78, 5) is 3.29. The summed E-state index contributed by atoms with van der Waals surface area (Å²) in [6, 6.07) is 5.15. The third-order valence-corrected chi connectivity index (χ3v) is 5.76. The molecule has 0 aliphatic carbocycles. The molecule has 1 aromatic carbocycles. The van der Waals surface area contributed by atoms with Crippen molar-refractivity contribution in [3.8, 4) is 11.6 Å². The van der Waals surface area contributed by atoms with Crippen molar-refractivity contribution in [2.45, 2.75) is 17.2 Å². The van der Waals surface area contributed by atoms with E-state index in [1.54, 1.807) is 0 Å². The minimum Gasteiger partial charge on any atom is -0.494 e. The number of ether oxygens (including phenoxy) is 2. The second-order valence-electron chi connectivity index (χ2n) is 5.71. The van der Waals surface area contributed by atoms with Crippen molar-refractivity contribution in [3.63, 3.8) is 0 Å². The summed E-state index contributed by atoms with van der Waals surface area (Å²) in [6.07, 6.45) is -4.28. The Labute approximate surface area is 152 Å². The second-order valence-corrected chi connectivity index (χ2v) is 7.65. The highest BCUT2D eigenvalue weighted by Gasteiger charge is 2.41. The molecule has 1 aromatic heterocycles. The fourth-order valence-electron chi connectivity index (χ4n) is 2.49. The van der Waals surface area contributed by atoms with E-state index < -0.39 is 39.6 Å². The van der Waals surface area contributed by atoms with E-state index in [-0.39, 0.29) is 23.7 Å². The SMILES string of the molecule is COc1ccc(S(=O)(=O)N2CC(Oc3ncccc3C(F)(F)F)C2)cc1F. The van der Waals surface area contributed by atoms with E-state index in [4.69, 9.17) is 9.47 Å². The van der Waals surface area contributed by atoms with Gasteiger partial charge in [-0.05, 0) is 30.3 Å². The van der Waals surface area contributed by atoms with Gasteiger partial charge in [-0.2, -0.15) is 17.5 Å². The minimum atomic E-state index is -4.64. The number of hydrogen-bond acceptors (Lipinski definition) is 5. The number of methoxy groups -OCH3 is 1. The number of benzene rings is 1. The molecule has 0 bridgehead atoms. The molecule has 0 unspecified atom stereocenters. The number of hydrogen-bond donors (Lipinski definition) is 0. The second kappa shape index (κ2) is 6.97. The summed E-state index contributed by atoms with van der Waals surface area (Å²) in [5.74, 6) is -1.55. The van der Waals surface area contributed by atoms with Gasteiger partial charge in [0.25, 0.3) is 0 Å². The van der Waals surface area contributed by atoms with Gasteiger partial charge in [-0.25, -0.2) is 17.8 Å². The Morgan fingerprint density at radius 3 is 2.52 bits per heavy atom. The van der Waals surface area contributed by atoms with Crippen molar-refractivity contribution in [1.29, 1.82) is 0 Å². The lowest BCUT2D eigenvalue weighted by atomic mass is 10.2. The van der Waals surface area contributed by atoms with Gasteiger partial charge in [0.2, 0.25) is 15.9 Å². The number of aromatic nitrogens is 1. The lowest BCUT2D eigenvalue weighted by Crippen LogP contribution is -2.56. The van der Waals surface area contributed by atoms with Crippen LogP contribution < -0.4 is 9.47 Å². The first-order valence-corrected chi connectivity index (χ1v) is 9.09. The van der Waals surface area contributed by atoms with Crippen molar-refractivity contribution in [3.05, 3.63) is 47.9 Å². The average molecular weight is 406 g/mol. The Hall–Kier alpha value is -2.40. The van der Waals surface area contributed by atoms with E-state index in [1.807, 2.05) is 0 Å². The fourth-order valence-corrected chi connectivity index (χ4v) is 4.00. The lowest BCUT2D eigenvalue weighted by molar-refractivity contribution is -0.140. The lowest BCUT2D eigenvalue weighted by Gasteiger charge is -2.37. The summed E-state index contributed by atoms with van der Waals surface area (Å²) in [6.45, 7) is -0.353. The van der Waals surface area contributed by atoms with Crippen LogP contribution >= 0.6 is 0 Å². The van der Waals surface area contributed by atoms with Gasteiger partial charge in [0, 0.05) is 6.20 Å². The molecule has 1 saturated heterocycles. The first-order chi connectivity index (χ1) is 12.6. The van der Waals surface area contributed by atoms with Gasteiger partial charge in [0.15, 0.2) is 11.6 Å². The Kier molecular flexibility index (Phi) is 5.00. The smallest absolute Gasteiger partial charge is 0.421 e. The molecule has 6 nitrogen and oxygen atoms in total. The van der Waals surface area contributed by atoms with Gasteiger partial charge >= 0.3 is 6.18 Å². The summed E-state index contributed by atoms with van der Waals surface area (Å²) < 4.78 is 88.4. The van der Waals surface area contributed by atoms with Gasteiger partial charge in [-0.3, -0.25) is 0 Å². The largest absolute Gasteiger partial charge is 0.494 e. The van der Waals surface area contributed by atoms with Crippen molar-refractivity contribution in [2.24, 2.45) is 0 Å². The molecule has 1 aliphatic rings. The van der Waals surface area contributed by atoms with E-state index >= 15 is 0 Å². The molecule has 2 aromatic rings. The molecule has 11 heteroatoms. The first-order valence-electron chi connectivity index (χ1n) is 7.65. The molecule has 0 radical (unpaired) electrons. The molecular formula is C16H14F4N2O4S. The fraction of sp³-hybridized carbons (Fsp3) is 0.312. The molecule has 2 heterocycles. The third-order valence-electron chi connectivity index (χ3n) is 3.93. The van der Waals surface area contributed by atoms with Crippen molar-refractivity contribution in [1.82, 2.24) is 9.29 Å². The minimum absolute atomic E-state index is 0.103. The first kappa shape index (κ1) is 19.4. The summed E-state index contributed by atoms with van der Waals surface area (Å²) >= 11 is 0. The van der Waals surface area contributed by atoms with Crippen LogP contribution in [0.5, 0.6) is 11.6 Å². The monoisotopic (exact) mass is 406 g/mol. The van der Waals surface area contributed by atoms with Gasteiger partial charge in [-0.1, -0.05) is 0 Å². The molecule has 27 heavy (non-hydrogen) atoms. The molecule has 0 spiro atoms. The predicted octanol–water partition coefficient (Wildman–Crippen LogP) is 2.70. The van der Waals surface area contributed by atoms with E-state index in [0.717, 1.165) is 28.7 Å². The molecular weight excluding hydrogens is 392 g/mol. The van der Waals surface area contributed by atoms with E-state index in [9.17, 15) is 26.0 Å². The Bertz CT molecular complexity index is 944. The van der Waals surface area contributed by atoms with Crippen LogP contribution in [0.2, 0.25) is 0 Å². The molecule has 0 saturated carbocycles. The van der Waals surface area contributed by atoms with Crippen LogP contribution in [0, 0.1) is 5.82 Å². The Balaban J connectivity index is 1.70. The number of pyridine rings is 1. The third kappa shape index (κ3) is 3.83. The number of halogens is 4. The predicted molar refractivity (Wildman–Crippen MR) is 85.4 cm³/mol. The molecule has 146 valence electrons. The zero-order valence-corrected chi connectivity index (χ0v) is 14.7. The van der Waals surface area contributed by atoms with Gasteiger partial charge in [0.1, 0.15) is 11.7 Å². The maximum atomic E-state index is 13.7. The zero-order valence-electron chi connectivity index (χ0n) is 13.9. The molecule has 3 rings (SSSR count). The van der Waals surface area contributed by atoms with E-state index in [2.05, 4.69) is 4.98 Å². The van der Waals surface area contributed by atoms with E-state index in [1.165, 1.54) is 19.2 Å². The highest BCUT2D eigenvalue weighted by molar-refractivity contribution is 7.89. The Morgan fingerprint density at radius 1 is 1.22 bits per heavy atom. The van der Waals surface area contributed by atoms with Crippen LogP contribution in [0.3, 0.4) is 0 Å². The van der Waals surface area contributed by atoms with Crippen LogP contribution in [0.15, 0.2) is 41.4 Å². The summed E-state index contributed by atoms with van der Waals surface area (Å²) in [5.41, 5.74) is -1.04. The average Bonchev–Trinajstić information content (AvgIpc) is 2.57. The number of alkyl halides is 3.